The molecule has 0 saturated carbocycles. The fourth-order valence-corrected chi connectivity index (χ4v) is 2.67. The van der Waals surface area contributed by atoms with E-state index in [0.717, 1.165) is 17.0 Å². The third-order valence-corrected chi connectivity index (χ3v) is 4.03. The Morgan fingerprint density at radius 3 is 2.25 bits per heavy atom. The van der Waals surface area contributed by atoms with Gasteiger partial charge in [-0.3, -0.25) is 4.99 Å². The van der Waals surface area contributed by atoms with Crippen molar-refractivity contribution >= 4 is 11.6 Å². The molecular formula is C21H29N3O4. The fourth-order valence-electron chi connectivity index (χ4n) is 2.67. The minimum Gasteiger partial charge on any atom is -0.493 e. The van der Waals surface area contributed by atoms with Gasteiger partial charge < -0.3 is 29.6 Å². The van der Waals surface area contributed by atoms with Crippen molar-refractivity contribution in [3.05, 3.63) is 42.0 Å². The van der Waals surface area contributed by atoms with Crippen molar-refractivity contribution < 1.29 is 18.9 Å². The van der Waals surface area contributed by atoms with Crippen LogP contribution >= 0.6 is 0 Å². The van der Waals surface area contributed by atoms with Crippen LogP contribution in [0.4, 0.5) is 5.69 Å². The number of rotatable bonds is 8. The van der Waals surface area contributed by atoms with E-state index in [0.29, 0.717) is 29.8 Å². The summed E-state index contributed by atoms with van der Waals surface area (Å²) in [5.41, 5.74) is 1.92. The van der Waals surface area contributed by atoms with E-state index in [1.807, 2.05) is 50.2 Å². The first kappa shape index (κ1) is 21.2. The van der Waals surface area contributed by atoms with E-state index in [4.69, 9.17) is 18.9 Å². The van der Waals surface area contributed by atoms with Crippen LogP contribution in [-0.4, -0.2) is 47.0 Å². The second-order valence-electron chi connectivity index (χ2n) is 6.24. The maximum absolute atomic E-state index is 5.94. The first-order chi connectivity index (χ1) is 13.5. The van der Waals surface area contributed by atoms with Crippen molar-refractivity contribution in [2.45, 2.75) is 20.0 Å². The SMILES string of the molecule is CN=C(NCC(C)Oc1cccc(C)c1)Nc1cc(OC)c(OC)c(OC)c1. The molecule has 0 radical (unpaired) electrons. The van der Waals surface area contributed by atoms with Gasteiger partial charge >= 0.3 is 0 Å². The van der Waals surface area contributed by atoms with Gasteiger partial charge in [-0.15, -0.1) is 0 Å². The predicted molar refractivity (Wildman–Crippen MR) is 112 cm³/mol. The number of nitrogens with zero attached hydrogens (tertiary/aromatic N) is 1. The lowest BCUT2D eigenvalue weighted by Crippen LogP contribution is -2.37. The zero-order valence-electron chi connectivity index (χ0n) is 17.3. The van der Waals surface area contributed by atoms with Gasteiger partial charge in [0.25, 0.3) is 0 Å². The number of nitrogens with one attached hydrogen (secondary N) is 2. The van der Waals surface area contributed by atoms with Gasteiger partial charge in [-0.1, -0.05) is 12.1 Å². The molecule has 7 heteroatoms. The Balaban J connectivity index is 2.00. The Morgan fingerprint density at radius 2 is 1.71 bits per heavy atom. The fraction of sp³-hybridized carbons (Fsp3) is 0.381. The van der Waals surface area contributed by atoms with E-state index in [1.165, 1.54) is 0 Å². The third kappa shape index (κ3) is 5.70. The molecule has 0 aliphatic carbocycles. The Kier molecular flexibility index (Phi) is 7.80. The van der Waals surface area contributed by atoms with Crippen molar-refractivity contribution in [1.29, 1.82) is 0 Å². The van der Waals surface area contributed by atoms with Crippen LogP contribution in [0.2, 0.25) is 0 Å². The average Bonchev–Trinajstić information content (AvgIpc) is 2.70. The van der Waals surface area contributed by atoms with E-state index in [1.54, 1.807) is 28.4 Å². The summed E-state index contributed by atoms with van der Waals surface area (Å²) in [7, 11) is 6.44. The second kappa shape index (κ2) is 10.3. The van der Waals surface area contributed by atoms with E-state index in [2.05, 4.69) is 15.6 Å². The van der Waals surface area contributed by atoms with Gasteiger partial charge in [0.05, 0.1) is 27.9 Å². The summed E-state index contributed by atoms with van der Waals surface area (Å²) >= 11 is 0. The number of hydrogen-bond donors (Lipinski definition) is 2. The number of ether oxygens (including phenoxy) is 4. The molecule has 2 aromatic rings. The van der Waals surface area contributed by atoms with Gasteiger partial charge in [-0.2, -0.15) is 0 Å². The Bertz CT molecular complexity index is 783. The normalized spacial score (nSPS) is 12.1. The number of guanidine groups is 1. The number of anilines is 1. The molecule has 0 fully saturated rings. The van der Waals surface area contributed by atoms with Crippen molar-refractivity contribution in [2.24, 2.45) is 4.99 Å². The molecule has 1 unspecified atom stereocenters. The zero-order chi connectivity index (χ0) is 20.5. The quantitative estimate of drug-likeness (QED) is 0.534. The number of aliphatic imine (C=N–C) groups is 1. The van der Waals surface area contributed by atoms with Crippen molar-refractivity contribution in [2.75, 3.05) is 40.2 Å². The molecule has 1 atom stereocenters. The van der Waals surface area contributed by atoms with Crippen LogP contribution in [0, 0.1) is 6.92 Å². The minimum atomic E-state index is -0.0414. The number of hydrogen-bond acceptors (Lipinski definition) is 5. The molecule has 152 valence electrons. The van der Waals surface area contributed by atoms with Crippen LogP contribution in [0.1, 0.15) is 12.5 Å². The lowest BCUT2D eigenvalue weighted by Gasteiger charge is -2.19. The predicted octanol–water partition coefficient (Wildman–Crippen LogP) is 3.48. The average molecular weight is 387 g/mol. The standard InChI is InChI=1S/C21H29N3O4/c1-14-8-7-9-17(10-14)28-15(2)13-23-21(22-3)24-16-11-18(25-4)20(27-6)19(12-16)26-5/h7-12,15H,13H2,1-6H3,(H2,22,23,24). The van der Waals surface area contributed by atoms with Crippen LogP contribution < -0.4 is 29.6 Å². The summed E-state index contributed by atoms with van der Waals surface area (Å²) in [5.74, 6) is 3.13. The van der Waals surface area contributed by atoms with Crippen LogP contribution in [0.15, 0.2) is 41.4 Å². The summed E-state index contributed by atoms with van der Waals surface area (Å²) in [6, 6.07) is 11.6. The van der Waals surface area contributed by atoms with Gasteiger partial charge in [-0.05, 0) is 31.5 Å². The monoisotopic (exact) mass is 387 g/mol. The molecule has 0 amide bonds. The summed E-state index contributed by atoms with van der Waals surface area (Å²) in [6.45, 7) is 4.62. The van der Waals surface area contributed by atoms with E-state index in [-0.39, 0.29) is 6.10 Å². The summed E-state index contributed by atoms with van der Waals surface area (Å²) in [6.07, 6.45) is -0.0414. The molecule has 0 aromatic heterocycles. The minimum absolute atomic E-state index is 0.0414. The Morgan fingerprint density at radius 1 is 1.04 bits per heavy atom. The Labute approximate surface area is 166 Å². The molecule has 7 nitrogen and oxygen atoms in total. The summed E-state index contributed by atoms with van der Waals surface area (Å²) in [4.78, 5) is 4.26. The first-order valence-electron chi connectivity index (χ1n) is 9.01. The van der Waals surface area contributed by atoms with Crippen LogP contribution in [0.5, 0.6) is 23.0 Å². The van der Waals surface area contributed by atoms with E-state index in [9.17, 15) is 0 Å². The number of aryl methyl sites for hydroxylation is 1. The largest absolute Gasteiger partial charge is 0.493 e. The van der Waals surface area contributed by atoms with Gasteiger partial charge in [0.1, 0.15) is 11.9 Å². The zero-order valence-corrected chi connectivity index (χ0v) is 17.3. The maximum atomic E-state index is 5.94. The number of methoxy groups -OCH3 is 3. The molecule has 2 N–H and O–H groups in total. The number of benzene rings is 2. The molecule has 0 saturated heterocycles. The Hall–Kier alpha value is -3.09. The van der Waals surface area contributed by atoms with Gasteiger partial charge in [0.2, 0.25) is 5.75 Å². The lowest BCUT2D eigenvalue weighted by atomic mass is 10.2. The molecular weight excluding hydrogens is 358 g/mol. The molecule has 0 aliphatic rings. The maximum Gasteiger partial charge on any atom is 0.203 e. The molecule has 0 heterocycles. The molecule has 28 heavy (non-hydrogen) atoms. The molecule has 2 rings (SSSR count). The van der Waals surface area contributed by atoms with Crippen LogP contribution in [0.25, 0.3) is 0 Å². The van der Waals surface area contributed by atoms with Crippen molar-refractivity contribution in [3.8, 4) is 23.0 Å². The summed E-state index contributed by atoms with van der Waals surface area (Å²) < 4.78 is 22.1. The highest BCUT2D eigenvalue weighted by Gasteiger charge is 2.14. The van der Waals surface area contributed by atoms with E-state index < -0.39 is 0 Å². The molecule has 0 spiro atoms. The van der Waals surface area contributed by atoms with E-state index >= 15 is 0 Å². The highest BCUT2D eigenvalue weighted by molar-refractivity contribution is 5.94. The highest BCUT2D eigenvalue weighted by atomic mass is 16.5. The van der Waals surface area contributed by atoms with Crippen LogP contribution in [-0.2, 0) is 0 Å². The highest BCUT2D eigenvalue weighted by Crippen LogP contribution is 2.39. The van der Waals surface area contributed by atoms with Crippen LogP contribution in [0.3, 0.4) is 0 Å². The smallest absolute Gasteiger partial charge is 0.203 e. The first-order valence-corrected chi connectivity index (χ1v) is 9.01. The molecule has 0 aliphatic heterocycles. The van der Waals surface area contributed by atoms with Crippen molar-refractivity contribution in [3.63, 3.8) is 0 Å². The van der Waals surface area contributed by atoms with Gasteiger partial charge in [-0.25, -0.2) is 0 Å². The summed E-state index contributed by atoms with van der Waals surface area (Å²) in [5, 5.41) is 6.48. The van der Waals surface area contributed by atoms with Gasteiger partial charge in [0.15, 0.2) is 17.5 Å². The topological polar surface area (TPSA) is 73.3 Å². The third-order valence-electron chi connectivity index (χ3n) is 4.03. The molecule has 0 bridgehead atoms. The lowest BCUT2D eigenvalue weighted by molar-refractivity contribution is 0.224. The van der Waals surface area contributed by atoms with Crippen molar-refractivity contribution in [1.82, 2.24) is 5.32 Å². The second-order valence-corrected chi connectivity index (χ2v) is 6.24. The molecule has 2 aromatic carbocycles. The van der Waals surface area contributed by atoms with Gasteiger partial charge in [0, 0.05) is 24.9 Å².